The van der Waals surface area contributed by atoms with Gasteiger partial charge >= 0.3 is 5.69 Å². The van der Waals surface area contributed by atoms with Gasteiger partial charge in [0, 0.05) is 19.0 Å². The van der Waals surface area contributed by atoms with E-state index < -0.39 is 31.3 Å². The molecule has 0 unspecified atom stereocenters. The number of hydrogen-bond acceptors (Lipinski definition) is 5. The Morgan fingerprint density at radius 1 is 1.38 bits per heavy atom. The van der Waals surface area contributed by atoms with E-state index in [4.69, 9.17) is 5.26 Å². The van der Waals surface area contributed by atoms with Crippen molar-refractivity contribution in [2.24, 2.45) is 5.92 Å². The predicted octanol–water partition coefficient (Wildman–Crippen LogP) is 1.66. The minimum Gasteiger partial charge on any atom is -0.258 e. The first-order valence-corrected chi connectivity index (χ1v) is 7.64. The highest BCUT2D eigenvalue weighted by atomic mass is 32.2. The zero-order valence-electron chi connectivity index (χ0n) is 10.9. The number of hydrogen-bond donors (Lipinski definition) is 0. The molecule has 0 bridgehead atoms. The van der Waals surface area contributed by atoms with Crippen molar-refractivity contribution >= 4 is 15.7 Å². The molecule has 0 aliphatic carbocycles. The number of para-hydroxylation sites is 1. The van der Waals surface area contributed by atoms with Crippen LogP contribution < -0.4 is 0 Å². The van der Waals surface area contributed by atoms with Crippen molar-refractivity contribution in [1.29, 1.82) is 5.26 Å². The van der Waals surface area contributed by atoms with Crippen molar-refractivity contribution in [3.05, 3.63) is 34.1 Å². The van der Waals surface area contributed by atoms with Crippen LogP contribution >= 0.6 is 0 Å². The van der Waals surface area contributed by atoms with Crippen LogP contribution in [0.3, 0.4) is 0 Å². The summed E-state index contributed by atoms with van der Waals surface area (Å²) in [4.78, 5) is 9.22. The van der Waals surface area contributed by atoms with Crippen LogP contribution in [-0.4, -0.2) is 30.7 Å². The zero-order chi connectivity index (χ0) is 15.6. The van der Waals surface area contributed by atoms with Gasteiger partial charge in [-0.1, -0.05) is 6.07 Å². The number of benzene rings is 1. The second-order valence-corrected chi connectivity index (χ2v) is 6.56. The minimum atomic E-state index is -4.15. The Labute approximate surface area is 120 Å². The fraction of sp³-hybridized carbons (Fsp3) is 0.417. The Balaban J connectivity index is 2.40. The molecule has 2 rings (SSSR count). The molecule has 1 aliphatic rings. The number of nitro groups is 1. The third kappa shape index (κ3) is 2.86. The first-order valence-electron chi connectivity index (χ1n) is 6.20. The van der Waals surface area contributed by atoms with Crippen LogP contribution in [0.5, 0.6) is 0 Å². The maximum atomic E-state index is 13.5. The largest absolute Gasteiger partial charge is 0.324 e. The van der Waals surface area contributed by atoms with Crippen LogP contribution in [0.15, 0.2) is 23.1 Å². The van der Waals surface area contributed by atoms with E-state index in [0.717, 1.165) is 22.5 Å². The van der Waals surface area contributed by atoms with Crippen molar-refractivity contribution in [2.75, 3.05) is 13.1 Å². The van der Waals surface area contributed by atoms with Crippen LogP contribution in [0.4, 0.5) is 10.1 Å². The lowest BCUT2D eigenvalue weighted by Gasteiger charge is -2.28. The van der Waals surface area contributed by atoms with Gasteiger partial charge in [0.15, 0.2) is 4.90 Å². The molecule has 0 spiro atoms. The summed E-state index contributed by atoms with van der Waals surface area (Å²) >= 11 is 0. The summed E-state index contributed by atoms with van der Waals surface area (Å²) in [5.41, 5.74) is -1.04. The maximum absolute atomic E-state index is 13.5. The van der Waals surface area contributed by atoms with Crippen LogP contribution in [0.2, 0.25) is 0 Å². The molecule has 1 aromatic rings. The normalized spacial score (nSPS) is 17.3. The number of piperidine rings is 1. The third-order valence-corrected chi connectivity index (χ3v) is 5.32. The molecule has 7 nitrogen and oxygen atoms in total. The van der Waals surface area contributed by atoms with E-state index in [9.17, 15) is 22.9 Å². The second kappa shape index (κ2) is 5.75. The van der Waals surface area contributed by atoms with Crippen molar-refractivity contribution in [3.8, 4) is 6.07 Å². The summed E-state index contributed by atoms with van der Waals surface area (Å²) in [6, 6.07) is 5.05. The number of nitro benzene ring substituents is 1. The van der Waals surface area contributed by atoms with Gasteiger partial charge in [-0.15, -0.1) is 0 Å². The molecule has 0 atom stereocenters. The summed E-state index contributed by atoms with van der Waals surface area (Å²) in [6.45, 7) is 0.183. The molecule has 0 radical (unpaired) electrons. The summed E-state index contributed by atoms with van der Waals surface area (Å²) in [5, 5.41) is 19.7. The monoisotopic (exact) mass is 313 g/mol. The fourth-order valence-corrected chi connectivity index (χ4v) is 3.88. The van der Waals surface area contributed by atoms with Crippen LogP contribution in [-0.2, 0) is 10.0 Å². The average molecular weight is 313 g/mol. The molecule has 1 fully saturated rings. The Hall–Kier alpha value is -2.05. The zero-order valence-corrected chi connectivity index (χ0v) is 11.7. The number of sulfonamides is 1. The number of nitriles is 1. The molecule has 0 aromatic heterocycles. The van der Waals surface area contributed by atoms with Crippen LogP contribution in [0, 0.1) is 33.2 Å². The van der Waals surface area contributed by atoms with Gasteiger partial charge in [-0.05, 0) is 25.0 Å². The number of nitrogens with zero attached hydrogens (tertiary/aromatic N) is 3. The van der Waals surface area contributed by atoms with E-state index >= 15 is 0 Å². The third-order valence-electron chi connectivity index (χ3n) is 3.39. The van der Waals surface area contributed by atoms with Crippen molar-refractivity contribution in [1.82, 2.24) is 4.31 Å². The second-order valence-electron chi connectivity index (χ2n) is 4.65. The van der Waals surface area contributed by atoms with Crippen LogP contribution in [0.25, 0.3) is 0 Å². The summed E-state index contributed by atoms with van der Waals surface area (Å²) in [5.74, 6) is -1.41. The summed E-state index contributed by atoms with van der Waals surface area (Å²) in [7, 11) is -4.15. The van der Waals surface area contributed by atoms with Gasteiger partial charge < -0.3 is 0 Å². The van der Waals surface area contributed by atoms with E-state index in [1.54, 1.807) is 0 Å². The SMILES string of the molecule is N#CC1CCN(S(=O)(=O)c2cccc(F)c2[N+](=O)[O-])CC1. The Morgan fingerprint density at radius 2 is 2.00 bits per heavy atom. The highest BCUT2D eigenvalue weighted by molar-refractivity contribution is 7.89. The van der Waals surface area contributed by atoms with Gasteiger partial charge in [-0.25, -0.2) is 8.42 Å². The molecule has 112 valence electrons. The van der Waals surface area contributed by atoms with Crippen molar-refractivity contribution < 1.29 is 17.7 Å². The molecule has 1 aliphatic heterocycles. The van der Waals surface area contributed by atoms with Crippen molar-refractivity contribution in [3.63, 3.8) is 0 Å². The highest BCUT2D eigenvalue weighted by Gasteiger charge is 2.35. The average Bonchev–Trinajstić information content (AvgIpc) is 2.46. The molecule has 1 heterocycles. The van der Waals surface area contributed by atoms with Gasteiger partial charge in [0.1, 0.15) is 0 Å². The lowest BCUT2D eigenvalue weighted by Crippen LogP contribution is -2.38. The van der Waals surface area contributed by atoms with Gasteiger partial charge in [0.25, 0.3) is 0 Å². The molecule has 9 heteroatoms. The standard InChI is InChI=1S/C12H12FN3O4S/c13-10-2-1-3-11(12(10)16(17)18)21(19,20)15-6-4-9(8-14)5-7-15/h1-3,9H,4-7H2. The Morgan fingerprint density at radius 3 is 2.52 bits per heavy atom. The fourth-order valence-electron chi connectivity index (χ4n) is 2.25. The topological polar surface area (TPSA) is 104 Å². The van der Waals surface area contributed by atoms with Crippen LogP contribution in [0.1, 0.15) is 12.8 Å². The summed E-state index contributed by atoms with van der Waals surface area (Å²) < 4.78 is 39.5. The molecule has 21 heavy (non-hydrogen) atoms. The molecular weight excluding hydrogens is 301 g/mol. The van der Waals surface area contributed by atoms with Crippen molar-refractivity contribution in [2.45, 2.75) is 17.7 Å². The molecule has 1 saturated heterocycles. The number of rotatable bonds is 3. The highest BCUT2D eigenvalue weighted by Crippen LogP contribution is 2.31. The first-order chi connectivity index (χ1) is 9.87. The molecule has 1 aromatic carbocycles. The molecule has 0 amide bonds. The number of halogens is 1. The van der Waals surface area contributed by atoms with E-state index in [1.807, 2.05) is 0 Å². The van der Waals surface area contributed by atoms with E-state index in [1.165, 1.54) is 0 Å². The minimum absolute atomic E-state index is 0.0915. The van der Waals surface area contributed by atoms with Gasteiger partial charge in [-0.2, -0.15) is 14.0 Å². The summed E-state index contributed by atoms with van der Waals surface area (Å²) in [6.07, 6.45) is 0.720. The quantitative estimate of drug-likeness (QED) is 0.623. The predicted molar refractivity (Wildman–Crippen MR) is 70.2 cm³/mol. The van der Waals surface area contributed by atoms with E-state index in [2.05, 4.69) is 6.07 Å². The van der Waals surface area contributed by atoms with Gasteiger partial charge in [0.2, 0.25) is 15.8 Å². The van der Waals surface area contributed by atoms with E-state index in [-0.39, 0.29) is 19.0 Å². The molecule has 0 saturated carbocycles. The molecule has 0 N–H and O–H groups in total. The first kappa shape index (κ1) is 15.3. The Kier molecular flexibility index (Phi) is 4.20. The van der Waals surface area contributed by atoms with Gasteiger partial charge in [0.05, 0.1) is 11.0 Å². The lowest BCUT2D eigenvalue weighted by molar-refractivity contribution is -0.390. The maximum Gasteiger partial charge on any atom is 0.324 e. The van der Waals surface area contributed by atoms with Gasteiger partial charge in [-0.3, -0.25) is 10.1 Å². The Bertz CT molecular complexity index is 706. The smallest absolute Gasteiger partial charge is 0.258 e. The lowest BCUT2D eigenvalue weighted by atomic mass is 10.0. The molecular formula is C12H12FN3O4S. The van der Waals surface area contributed by atoms with E-state index in [0.29, 0.717) is 12.8 Å².